The van der Waals surface area contributed by atoms with Crippen molar-refractivity contribution in [2.75, 3.05) is 13.1 Å². The second-order valence-corrected chi connectivity index (χ2v) is 3.50. The lowest BCUT2D eigenvalue weighted by Gasteiger charge is -2.13. The van der Waals surface area contributed by atoms with Gasteiger partial charge in [0.2, 0.25) is 0 Å². The molecule has 2 nitrogen and oxygen atoms in total. The summed E-state index contributed by atoms with van der Waals surface area (Å²) in [6.07, 6.45) is 1.48. The number of hydrogen-bond donors (Lipinski definition) is 1. The third-order valence-electron chi connectivity index (χ3n) is 2.40. The summed E-state index contributed by atoms with van der Waals surface area (Å²) in [5.74, 6) is 1.02. The van der Waals surface area contributed by atoms with Crippen LogP contribution in [0.5, 0.6) is 5.75 Å². The zero-order chi connectivity index (χ0) is 9.10. The molecule has 0 aromatic heterocycles. The van der Waals surface area contributed by atoms with Crippen molar-refractivity contribution in [3.63, 3.8) is 0 Å². The minimum absolute atomic E-state index is 0.362. The van der Waals surface area contributed by atoms with Gasteiger partial charge in [0.25, 0.3) is 0 Å². The number of hydrogen-bond acceptors (Lipinski definition) is 2. The quantitative estimate of drug-likeness (QED) is 0.743. The molecule has 0 bridgehead atoms. The van der Waals surface area contributed by atoms with Crippen LogP contribution in [0.1, 0.15) is 12.0 Å². The van der Waals surface area contributed by atoms with Gasteiger partial charge in [-0.15, -0.1) is 0 Å². The van der Waals surface area contributed by atoms with Crippen molar-refractivity contribution in [3.05, 3.63) is 29.8 Å². The van der Waals surface area contributed by atoms with Crippen LogP contribution in [0.2, 0.25) is 0 Å². The van der Waals surface area contributed by atoms with Crippen LogP contribution in [-0.4, -0.2) is 19.2 Å². The number of aryl methyl sites for hydroxylation is 1. The van der Waals surface area contributed by atoms with Gasteiger partial charge in [-0.2, -0.15) is 0 Å². The van der Waals surface area contributed by atoms with Crippen molar-refractivity contribution in [3.8, 4) is 5.75 Å². The molecule has 1 aliphatic heterocycles. The van der Waals surface area contributed by atoms with Gasteiger partial charge >= 0.3 is 0 Å². The topological polar surface area (TPSA) is 21.3 Å². The Kier molecular flexibility index (Phi) is 2.50. The highest BCUT2D eigenvalue weighted by atomic mass is 16.5. The van der Waals surface area contributed by atoms with Crippen LogP contribution in [-0.2, 0) is 0 Å². The molecule has 2 heteroatoms. The Balaban J connectivity index is 2.04. The van der Waals surface area contributed by atoms with E-state index in [1.54, 1.807) is 0 Å². The molecule has 1 N–H and O–H groups in total. The molecule has 1 atom stereocenters. The van der Waals surface area contributed by atoms with Gasteiger partial charge in [0.05, 0.1) is 0 Å². The molecular weight excluding hydrogens is 162 g/mol. The average Bonchev–Trinajstić information content (AvgIpc) is 2.61. The smallest absolute Gasteiger partial charge is 0.122 e. The number of nitrogens with one attached hydrogen (secondary N) is 1. The minimum atomic E-state index is 0.362. The first kappa shape index (κ1) is 8.57. The third kappa shape index (κ3) is 2.01. The molecule has 2 rings (SSSR count). The largest absolute Gasteiger partial charge is 0.489 e. The maximum Gasteiger partial charge on any atom is 0.122 e. The highest BCUT2D eigenvalue weighted by Gasteiger charge is 2.16. The molecule has 70 valence electrons. The predicted molar refractivity (Wildman–Crippen MR) is 53.1 cm³/mol. The molecule has 0 unspecified atom stereocenters. The molecule has 1 aliphatic rings. The molecule has 1 aromatic rings. The summed E-state index contributed by atoms with van der Waals surface area (Å²) < 4.78 is 5.84. The van der Waals surface area contributed by atoms with E-state index in [1.807, 2.05) is 18.2 Å². The van der Waals surface area contributed by atoms with E-state index in [2.05, 4.69) is 18.3 Å². The van der Waals surface area contributed by atoms with Crippen LogP contribution in [0, 0.1) is 6.92 Å². The summed E-state index contributed by atoms with van der Waals surface area (Å²) in [5.41, 5.74) is 1.22. The summed E-state index contributed by atoms with van der Waals surface area (Å²) in [6, 6.07) is 8.17. The molecule has 0 aliphatic carbocycles. The number of para-hydroxylation sites is 1. The van der Waals surface area contributed by atoms with Gasteiger partial charge in [-0.1, -0.05) is 18.2 Å². The van der Waals surface area contributed by atoms with Gasteiger partial charge in [0.1, 0.15) is 11.9 Å². The Labute approximate surface area is 78.9 Å². The molecule has 1 saturated heterocycles. The Morgan fingerprint density at radius 3 is 2.92 bits per heavy atom. The van der Waals surface area contributed by atoms with Crippen LogP contribution in [0.15, 0.2) is 24.3 Å². The van der Waals surface area contributed by atoms with Crippen molar-refractivity contribution in [2.24, 2.45) is 0 Å². The fourth-order valence-corrected chi connectivity index (χ4v) is 1.60. The van der Waals surface area contributed by atoms with Crippen molar-refractivity contribution in [1.82, 2.24) is 5.32 Å². The van der Waals surface area contributed by atoms with E-state index in [0.717, 1.165) is 25.3 Å². The first-order chi connectivity index (χ1) is 6.36. The maximum atomic E-state index is 5.84. The van der Waals surface area contributed by atoms with Gasteiger partial charge in [0, 0.05) is 6.54 Å². The van der Waals surface area contributed by atoms with Gasteiger partial charge in [-0.05, 0) is 31.5 Å². The first-order valence-electron chi connectivity index (χ1n) is 4.79. The van der Waals surface area contributed by atoms with E-state index in [9.17, 15) is 0 Å². The van der Waals surface area contributed by atoms with Crippen LogP contribution in [0.4, 0.5) is 0 Å². The lowest BCUT2D eigenvalue weighted by Crippen LogP contribution is -2.19. The second kappa shape index (κ2) is 3.79. The summed E-state index contributed by atoms with van der Waals surface area (Å²) in [6.45, 7) is 4.14. The van der Waals surface area contributed by atoms with Crippen molar-refractivity contribution < 1.29 is 4.74 Å². The van der Waals surface area contributed by atoms with Gasteiger partial charge < -0.3 is 10.1 Å². The van der Waals surface area contributed by atoms with Crippen LogP contribution >= 0.6 is 0 Å². The Morgan fingerprint density at radius 1 is 1.38 bits per heavy atom. The highest BCUT2D eigenvalue weighted by Crippen LogP contribution is 2.19. The van der Waals surface area contributed by atoms with Crippen LogP contribution in [0.25, 0.3) is 0 Å². The summed E-state index contributed by atoms with van der Waals surface area (Å²) >= 11 is 0. The average molecular weight is 177 g/mol. The minimum Gasteiger partial charge on any atom is -0.489 e. The monoisotopic (exact) mass is 177 g/mol. The van der Waals surface area contributed by atoms with Crippen LogP contribution < -0.4 is 10.1 Å². The molecular formula is C11H15NO. The Morgan fingerprint density at radius 2 is 2.23 bits per heavy atom. The third-order valence-corrected chi connectivity index (χ3v) is 2.40. The normalized spacial score (nSPS) is 21.8. The molecule has 0 radical (unpaired) electrons. The van der Waals surface area contributed by atoms with E-state index < -0.39 is 0 Å². The molecule has 0 amide bonds. The molecule has 1 heterocycles. The molecule has 0 saturated carbocycles. The maximum absolute atomic E-state index is 5.84. The standard InChI is InChI=1S/C11H15NO/c1-9-4-2-3-5-11(9)13-10-6-7-12-8-10/h2-5,10,12H,6-8H2,1H3/t10-/m0/s1. The van der Waals surface area contributed by atoms with Gasteiger partial charge in [0.15, 0.2) is 0 Å². The van der Waals surface area contributed by atoms with E-state index in [4.69, 9.17) is 4.74 Å². The predicted octanol–water partition coefficient (Wildman–Crippen LogP) is 1.74. The first-order valence-corrected chi connectivity index (χ1v) is 4.79. The molecule has 1 fully saturated rings. The van der Waals surface area contributed by atoms with Crippen molar-refractivity contribution >= 4 is 0 Å². The lowest BCUT2D eigenvalue weighted by atomic mass is 10.2. The number of rotatable bonds is 2. The Hall–Kier alpha value is -1.02. The summed E-state index contributed by atoms with van der Waals surface area (Å²) in [4.78, 5) is 0. The zero-order valence-corrected chi connectivity index (χ0v) is 7.92. The fraction of sp³-hybridized carbons (Fsp3) is 0.455. The Bertz CT molecular complexity index is 279. The number of benzene rings is 1. The molecule has 0 spiro atoms. The van der Waals surface area contributed by atoms with E-state index in [1.165, 1.54) is 5.56 Å². The summed E-state index contributed by atoms with van der Waals surface area (Å²) in [5, 5.41) is 3.29. The highest BCUT2D eigenvalue weighted by molar-refractivity contribution is 5.32. The SMILES string of the molecule is Cc1ccccc1O[C@H]1CCNC1. The van der Waals surface area contributed by atoms with Gasteiger partial charge in [-0.3, -0.25) is 0 Å². The fourth-order valence-electron chi connectivity index (χ4n) is 1.60. The van der Waals surface area contributed by atoms with Gasteiger partial charge in [-0.25, -0.2) is 0 Å². The van der Waals surface area contributed by atoms with E-state index in [-0.39, 0.29) is 0 Å². The zero-order valence-electron chi connectivity index (χ0n) is 7.92. The van der Waals surface area contributed by atoms with Crippen molar-refractivity contribution in [2.45, 2.75) is 19.4 Å². The molecule has 13 heavy (non-hydrogen) atoms. The van der Waals surface area contributed by atoms with Crippen LogP contribution in [0.3, 0.4) is 0 Å². The summed E-state index contributed by atoms with van der Waals surface area (Å²) in [7, 11) is 0. The lowest BCUT2D eigenvalue weighted by molar-refractivity contribution is 0.221. The van der Waals surface area contributed by atoms with E-state index >= 15 is 0 Å². The number of ether oxygens (including phenoxy) is 1. The van der Waals surface area contributed by atoms with E-state index in [0.29, 0.717) is 6.10 Å². The molecule has 1 aromatic carbocycles. The second-order valence-electron chi connectivity index (χ2n) is 3.50. The van der Waals surface area contributed by atoms with Crippen molar-refractivity contribution in [1.29, 1.82) is 0 Å².